The van der Waals surface area contributed by atoms with Gasteiger partial charge in [0.15, 0.2) is 0 Å². The number of anilines is 1. The summed E-state index contributed by atoms with van der Waals surface area (Å²) < 4.78 is 5.39. The molecule has 1 atom stereocenters. The van der Waals surface area contributed by atoms with Crippen LogP contribution in [0, 0.1) is 23.0 Å². The molecular weight excluding hydrogens is 336 g/mol. The Bertz CT molecular complexity index is 910. The van der Waals surface area contributed by atoms with E-state index in [1.165, 1.54) is 6.07 Å². The number of pyridine rings is 2. The Labute approximate surface area is 149 Å². The van der Waals surface area contributed by atoms with Gasteiger partial charge in [0.05, 0.1) is 4.92 Å². The maximum absolute atomic E-state index is 11.3. The predicted octanol–water partition coefficient (Wildman–Crippen LogP) is 3.55. The number of hydrogen-bond acceptors (Lipinski definition) is 8. The van der Waals surface area contributed by atoms with Gasteiger partial charge in [-0.1, -0.05) is 19.0 Å². The van der Waals surface area contributed by atoms with Gasteiger partial charge in [-0.3, -0.25) is 15.1 Å². The minimum atomic E-state index is -0.464. The van der Waals surface area contributed by atoms with Crippen molar-refractivity contribution in [1.29, 1.82) is 0 Å². The van der Waals surface area contributed by atoms with E-state index < -0.39 is 11.0 Å². The zero-order valence-electron chi connectivity index (χ0n) is 14.6. The number of aryl methyl sites for hydroxylation is 1. The van der Waals surface area contributed by atoms with E-state index in [2.05, 4.69) is 25.4 Å². The first-order valence-corrected chi connectivity index (χ1v) is 8.07. The molecule has 0 aliphatic heterocycles. The lowest BCUT2D eigenvalue weighted by Gasteiger charge is -2.19. The smallest absolute Gasteiger partial charge is 0.311 e. The highest BCUT2D eigenvalue weighted by Crippen LogP contribution is 2.30. The molecule has 9 heteroatoms. The van der Waals surface area contributed by atoms with Crippen molar-refractivity contribution in [1.82, 2.24) is 20.1 Å². The lowest BCUT2D eigenvalue weighted by atomic mass is 10.0. The van der Waals surface area contributed by atoms with Crippen molar-refractivity contribution >= 4 is 11.5 Å². The standard InChI is InChI=1S/C17H18N6O3/c1-10(2)14(20-16-13(23(24)25)7-11(3)8-19-16)17-21-15(22-26-17)12-5-4-6-18-9-12/h4-10,14H,1-3H3,(H,19,20). The van der Waals surface area contributed by atoms with Crippen molar-refractivity contribution in [2.45, 2.75) is 26.8 Å². The number of rotatable bonds is 6. The second-order valence-corrected chi connectivity index (χ2v) is 6.20. The molecule has 26 heavy (non-hydrogen) atoms. The average Bonchev–Trinajstić information content (AvgIpc) is 3.10. The fraction of sp³-hybridized carbons (Fsp3) is 0.294. The molecule has 0 aromatic carbocycles. The van der Waals surface area contributed by atoms with E-state index in [9.17, 15) is 10.1 Å². The summed E-state index contributed by atoms with van der Waals surface area (Å²) in [7, 11) is 0. The first kappa shape index (κ1) is 17.5. The SMILES string of the molecule is Cc1cnc(NC(c2nc(-c3cccnc3)no2)C(C)C)c([N+](=O)[O-])c1. The minimum Gasteiger partial charge on any atom is -0.352 e. The normalized spacial score (nSPS) is 12.2. The summed E-state index contributed by atoms with van der Waals surface area (Å²) in [5, 5.41) is 18.4. The molecule has 1 N–H and O–H groups in total. The molecule has 3 heterocycles. The van der Waals surface area contributed by atoms with Crippen LogP contribution >= 0.6 is 0 Å². The van der Waals surface area contributed by atoms with E-state index in [1.54, 1.807) is 31.6 Å². The summed E-state index contributed by atoms with van der Waals surface area (Å²) in [6, 6.07) is 4.65. The maximum Gasteiger partial charge on any atom is 0.311 e. The molecule has 1 unspecified atom stereocenters. The number of hydrogen-bond donors (Lipinski definition) is 1. The van der Waals surface area contributed by atoms with Crippen molar-refractivity contribution in [3.63, 3.8) is 0 Å². The molecule has 0 aliphatic carbocycles. The van der Waals surface area contributed by atoms with E-state index in [1.807, 2.05) is 19.9 Å². The second kappa shape index (κ2) is 7.26. The van der Waals surface area contributed by atoms with E-state index in [0.29, 0.717) is 17.3 Å². The Morgan fingerprint density at radius 1 is 1.31 bits per heavy atom. The van der Waals surface area contributed by atoms with Gasteiger partial charge in [-0.2, -0.15) is 4.98 Å². The Balaban J connectivity index is 1.92. The summed E-state index contributed by atoms with van der Waals surface area (Å²) in [5.74, 6) is 0.933. The first-order chi connectivity index (χ1) is 12.5. The number of nitrogens with zero attached hydrogens (tertiary/aromatic N) is 5. The van der Waals surface area contributed by atoms with Crippen LogP contribution < -0.4 is 5.32 Å². The maximum atomic E-state index is 11.3. The molecule has 0 radical (unpaired) electrons. The first-order valence-electron chi connectivity index (χ1n) is 8.07. The Hall–Kier alpha value is -3.36. The van der Waals surface area contributed by atoms with Gasteiger partial charge in [-0.15, -0.1) is 0 Å². The van der Waals surface area contributed by atoms with Crippen LogP contribution in [0.15, 0.2) is 41.3 Å². The van der Waals surface area contributed by atoms with Gasteiger partial charge >= 0.3 is 5.69 Å². The molecule has 9 nitrogen and oxygen atoms in total. The average molecular weight is 354 g/mol. The molecule has 0 bridgehead atoms. The van der Waals surface area contributed by atoms with Crippen LogP contribution in [0.1, 0.15) is 31.3 Å². The highest BCUT2D eigenvalue weighted by atomic mass is 16.6. The molecule has 0 saturated heterocycles. The quantitative estimate of drug-likeness (QED) is 0.527. The van der Waals surface area contributed by atoms with E-state index >= 15 is 0 Å². The second-order valence-electron chi connectivity index (χ2n) is 6.20. The van der Waals surface area contributed by atoms with Crippen LogP contribution in [0.3, 0.4) is 0 Å². The zero-order valence-corrected chi connectivity index (χ0v) is 14.6. The van der Waals surface area contributed by atoms with Crippen LogP contribution in [0.25, 0.3) is 11.4 Å². The molecule has 0 aliphatic rings. The molecule has 3 aromatic heterocycles. The summed E-state index contributed by atoms with van der Waals surface area (Å²) in [6.45, 7) is 5.65. The Morgan fingerprint density at radius 2 is 2.12 bits per heavy atom. The van der Waals surface area contributed by atoms with Crippen LogP contribution in [-0.2, 0) is 0 Å². The fourth-order valence-electron chi connectivity index (χ4n) is 2.44. The van der Waals surface area contributed by atoms with Gasteiger partial charge in [0.2, 0.25) is 17.5 Å². The Kier molecular flexibility index (Phi) is 4.87. The highest BCUT2D eigenvalue weighted by molar-refractivity contribution is 5.57. The lowest BCUT2D eigenvalue weighted by Crippen LogP contribution is -2.19. The van der Waals surface area contributed by atoms with Gasteiger partial charge < -0.3 is 9.84 Å². The highest BCUT2D eigenvalue weighted by Gasteiger charge is 2.27. The summed E-state index contributed by atoms with van der Waals surface area (Å²) in [6.07, 6.45) is 4.87. The van der Waals surface area contributed by atoms with Crippen molar-refractivity contribution in [2.75, 3.05) is 5.32 Å². The van der Waals surface area contributed by atoms with Gasteiger partial charge in [0.25, 0.3) is 0 Å². The van der Waals surface area contributed by atoms with E-state index in [0.717, 1.165) is 5.56 Å². The topological polar surface area (TPSA) is 120 Å². The number of aromatic nitrogens is 4. The van der Waals surface area contributed by atoms with Crippen molar-refractivity contribution in [3.05, 3.63) is 58.4 Å². The predicted molar refractivity (Wildman–Crippen MR) is 94.4 cm³/mol. The third-order valence-electron chi connectivity index (χ3n) is 3.79. The van der Waals surface area contributed by atoms with Gasteiger partial charge in [0, 0.05) is 30.2 Å². The van der Waals surface area contributed by atoms with E-state index in [4.69, 9.17) is 4.52 Å². The van der Waals surface area contributed by atoms with E-state index in [-0.39, 0.29) is 17.4 Å². The van der Waals surface area contributed by atoms with Crippen LogP contribution in [0.5, 0.6) is 0 Å². The third kappa shape index (κ3) is 3.66. The summed E-state index contributed by atoms with van der Waals surface area (Å²) >= 11 is 0. The van der Waals surface area contributed by atoms with Crippen molar-refractivity contribution in [2.24, 2.45) is 5.92 Å². The molecular formula is C17H18N6O3. The van der Waals surface area contributed by atoms with Crippen LogP contribution in [0.4, 0.5) is 11.5 Å². The van der Waals surface area contributed by atoms with Gasteiger partial charge in [-0.25, -0.2) is 4.98 Å². The zero-order chi connectivity index (χ0) is 18.7. The van der Waals surface area contributed by atoms with Gasteiger partial charge in [-0.05, 0) is 30.5 Å². The molecule has 0 spiro atoms. The largest absolute Gasteiger partial charge is 0.352 e. The van der Waals surface area contributed by atoms with Gasteiger partial charge in [0.1, 0.15) is 6.04 Å². The lowest BCUT2D eigenvalue weighted by molar-refractivity contribution is -0.384. The summed E-state index contributed by atoms with van der Waals surface area (Å²) in [5.41, 5.74) is 1.34. The minimum absolute atomic E-state index is 0.0277. The molecule has 134 valence electrons. The Morgan fingerprint density at radius 3 is 2.77 bits per heavy atom. The molecule has 0 saturated carbocycles. The monoisotopic (exact) mass is 354 g/mol. The summed E-state index contributed by atoms with van der Waals surface area (Å²) in [4.78, 5) is 23.5. The van der Waals surface area contributed by atoms with Crippen molar-refractivity contribution < 1.29 is 9.45 Å². The molecule has 3 rings (SSSR count). The van der Waals surface area contributed by atoms with Crippen molar-refractivity contribution in [3.8, 4) is 11.4 Å². The third-order valence-corrected chi connectivity index (χ3v) is 3.79. The fourth-order valence-corrected chi connectivity index (χ4v) is 2.44. The molecule has 0 amide bonds. The van der Waals surface area contributed by atoms with Crippen LogP contribution in [-0.4, -0.2) is 25.0 Å². The molecule has 0 fully saturated rings. The number of nitrogens with one attached hydrogen (secondary N) is 1. The van der Waals surface area contributed by atoms with Crippen LogP contribution in [0.2, 0.25) is 0 Å². The number of nitro groups is 1. The molecule has 3 aromatic rings.